The van der Waals surface area contributed by atoms with Crippen molar-refractivity contribution in [2.24, 2.45) is 11.8 Å². The number of hydrogen-bond acceptors (Lipinski definition) is 6. The lowest BCUT2D eigenvalue weighted by atomic mass is 10.1. The summed E-state index contributed by atoms with van der Waals surface area (Å²) in [6, 6.07) is 1.56. The van der Waals surface area contributed by atoms with Gasteiger partial charge in [-0.3, -0.25) is 4.79 Å². The molecule has 0 spiro atoms. The number of carbonyl (C=O) groups is 1. The van der Waals surface area contributed by atoms with Crippen LogP contribution >= 0.6 is 0 Å². The Balaban J connectivity index is 0.00000320. The third-order valence-corrected chi connectivity index (χ3v) is 6.70. The minimum Gasteiger partial charge on any atom is -0.484 e. The average molecular weight is 517 g/mol. The highest BCUT2D eigenvalue weighted by molar-refractivity contribution is 6.03. The summed E-state index contributed by atoms with van der Waals surface area (Å²) in [5.74, 6) is -3.23. The number of hydrogen-bond donors (Lipinski definition) is 1. The van der Waals surface area contributed by atoms with Crippen molar-refractivity contribution in [3.63, 3.8) is 0 Å². The highest BCUT2D eigenvalue weighted by atomic mass is 19.4. The van der Waals surface area contributed by atoms with E-state index in [4.69, 9.17) is 13.9 Å². The van der Waals surface area contributed by atoms with Crippen LogP contribution in [-0.4, -0.2) is 48.5 Å². The summed E-state index contributed by atoms with van der Waals surface area (Å²) in [6.07, 6.45) is -3.85. The zero-order valence-corrected chi connectivity index (χ0v) is 19.8. The second-order valence-corrected chi connectivity index (χ2v) is 10.3. The van der Waals surface area contributed by atoms with Gasteiger partial charge < -0.3 is 24.1 Å². The number of oxazole rings is 1. The predicted molar refractivity (Wildman–Crippen MR) is 120 cm³/mol. The third-order valence-electron chi connectivity index (χ3n) is 6.70. The maximum Gasteiger partial charge on any atom is 0.396 e. The van der Waals surface area contributed by atoms with Crippen LogP contribution in [0.3, 0.4) is 0 Å². The number of alkyl halides is 3. The van der Waals surface area contributed by atoms with Crippen LogP contribution in [-0.2, 0) is 11.2 Å². The summed E-state index contributed by atoms with van der Waals surface area (Å²) in [6.45, 7) is 4.48. The van der Waals surface area contributed by atoms with Crippen molar-refractivity contribution in [1.82, 2.24) is 4.98 Å². The molecule has 1 saturated heterocycles. The van der Waals surface area contributed by atoms with E-state index in [0.29, 0.717) is 25.0 Å². The highest BCUT2D eigenvalue weighted by Crippen LogP contribution is 2.52. The van der Waals surface area contributed by atoms with Gasteiger partial charge in [-0.25, -0.2) is 8.78 Å². The van der Waals surface area contributed by atoms with Crippen molar-refractivity contribution in [2.75, 3.05) is 29.9 Å². The van der Waals surface area contributed by atoms with Gasteiger partial charge in [0.15, 0.2) is 23.1 Å². The summed E-state index contributed by atoms with van der Waals surface area (Å²) in [5, 5.41) is 2.23. The summed E-state index contributed by atoms with van der Waals surface area (Å²) in [5.41, 5.74) is -1.50. The fourth-order valence-electron chi connectivity index (χ4n) is 4.99. The Morgan fingerprint density at radius 1 is 1.22 bits per heavy atom. The van der Waals surface area contributed by atoms with E-state index >= 15 is 0 Å². The van der Waals surface area contributed by atoms with Crippen LogP contribution in [0.15, 0.2) is 16.5 Å². The van der Waals surface area contributed by atoms with Gasteiger partial charge in [-0.1, -0.05) is 0 Å². The average Bonchev–Trinajstić information content (AvgIpc) is 3.16. The molecule has 198 valence electrons. The van der Waals surface area contributed by atoms with Crippen LogP contribution in [0.2, 0.25) is 0 Å². The second kappa shape index (κ2) is 8.89. The number of amides is 1. The first-order chi connectivity index (χ1) is 16.9. The Morgan fingerprint density at radius 2 is 1.89 bits per heavy atom. The van der Waals surface area contributed by atoms with Crippen LogP contribution in [0.1, 0.15) is 50.8 Å². The minimum absolute atomic E-state index is 0. The highest BCUT2D eigenvalue weighted by Gasteiger charge is 2.47. The molecular weight excluding hydrogens is 489 g/mol. The number of carbonyl (C=O) groups excluding carboxylic acids is 1. The number of aromatic nitrogens is 1. The number of morpholine rings is 1. The van der Waals surface area contributed by atoms with Gasteiger partial charge in [-0.05, 0) is 44.9 Å². The van der Waals surface area contributed by atoms with Crippen molar-refractivity contribution in [2.45, 2.75) is 57.4 Å². The van der Waals surface area contributed by atoms with Crippen LogP contribution in [0, 0.1) is 23.5 Å². The number of rotatable bonds is 6. The normalized spacial score (nSPS) is 25.0. The second-order valence-electron chi connectivity index (χ2n) is 10.3. The number of fused-ring (bicyclic) bond motifs is 1. The first-order valence-electron chi connectivity index (χ1n) is 11.8. The fourth-order valence-corrected chi connectivity index (χ4v) is 4.99. The molecule has 12 heteroatoms. The van der Waals surface area contributed by atoms with Crippen LogP contribution in [0.5, 0.6) is 5.75 Å². The van der Waals surface area contributed by atoms with E-state index in [1.807, 2.05) is 0 Å². The van der Waals surface area contributed by atoms with Gasteiger partial charge in [-0.2, -0.15) is 18.2 Å². The molecule has 2 unspecified atom stereocenters. The molecule has 1 aromatic carbocycles. The Morgan fingerprint density at radius 3 is 2.50 bits per heavy atom. The number of halogens is 5. The summed E-state index contributed by atoms with van der Waals surface area (Å²) in [7, 11) is 0. The molecule has 1 N–H and O–H groups in total. The SMILES string of the molecule is CC1(C)CN(c2nc(C(=O)Nc3cc(F)c(OC4CC5CC5C4)c(F)c3)c(CC(F)(F)F)o2)CCO1.[HH]. The number of ether oxygens (including phenoxy) is 2. The lowest BCUT2D eigenvalue weighted by Crippen LogP contribution is -2.48. The smallest absolute Gasteiger partial charge is 0.396 e. The summed E-state index contributed by atoms with van der Waals surface area (Å²) < 4.78 is 85.2. The molecule has 3 aliphatic rings. The standard InChI is InChI=1S/C24H26F5N3O4.H2/c1-23(2)11-32(3-4-34-23)22-31-19(18(36-22)10-24(27,28)29)21(33)30-14-8-16(25)20(17(26)9-14)35-15-6-12-5-13(12)7-15;/h8-9,12-13,15H,3-7,10-11H2,1-2H3,(H,30,33);1H. The van der Waals surface area contributed by atoms with Crippen LogP contribution in [0.25, 0.3) is 0 Å². The molecular formula is C24H28F5N3O4. The molecule has 5 rings (SSSR count). The first kappa shape index (κ1) is 24.8. The third kappa shape index (κ3) is 5.42. The molecule has 7 nitrogen and oxygen atoms in total. The van der Waals surface area contributed by atoms with E-state index < -0.39 is 52.9 Å². The van der Waals surface area contributed by atoms with E-state index in [0.717, 1.165) is 31.4 Å². The van der Waals surface area contributed by atoms with Crippen molar-refractivity contribution >= 4 is 17.6 Å². The zero-order chi connectivity index (χ0) is 25.8. The predicted octanol–water partition coefficient (Wildman–Crippen LogP) is 5.35. The van der Waals surface area contributed by atoms with E-state index in [1.165, 1.54) is 0 Å². The van der Waals surface area contributed by atoms with E-state index in [1.54, 1.807) is 18.7 Å². The number of anilines is 2. The van der Waals surface area contributed by atoms with E-state index in [-0.39, 0.29) is 25.8 Å². The van der Waals surface area contributed by atoms with Gasteiger partial charge in [-0.15, -0.1) is 0 Å². The lowest BCUT2D eigenvalue weighted by Gasteiger charge is -2.37. The number of nitrogens with one attached hydrogen (secondary N) is 1. The van der Waals surface area contributed by atoms with E-state index in [2.05, 4.69) is 10.3 Å². The zero-order valence-electron chi connectivity index (χ0n) is 19.8. The first-order valence-corrected chi connectivity index (χ1v) is 11.8. The molecule has 1 aliphatic heterocycles. The van der Waals surface area contributed by atoms with Crippen molar-refractivity contribution in [1.29, 1.82) is 0 Å². The maximum atomic E-state index is 14.6. The van der Waals surface area contributed by atoms with Crippen LogP contribution < -0.4 is 15.0 Å². The molecule has 1 aromatic heterocycles. The van der Waals surface area contributed by atoms with Gasteiger partial charge in [0.25, 0.3) is 11.9 Å². The molecule has 2 aliphatic carbocycles. The lowest BCUT2D eigenvalue weighted by molar-refractivity contribution is -0.130. The number of benzene rings is 1. The van der Waals surface area contributed by atoms with Crippen molar-refractivity contribution in [3.8, 4) is 5.75 Å². The van der Waals surface area contributed by atoms with Crippen LogP contribution in [0.4, 0.5) is 33.7 Å². The molecule has 3 fully saturated rings. The maximum absolute atomic E-state index is 14.6. The Hall–Kier alpha value is -2.89. The topological polar surface area (TPSA) is 76.8 Å². The number of nitrogens with zero attached hydrogens (tertiary/aromatic N) is 2. The van der Waals surface area contributed by atoms with Gasteiger partial charge in [0.2, 0.25) is 0 Å². The van der Waals surface area contributed by atoms with E-state index in [9.17, 15) is 26.7 Å². The molecule has 2 heterocycles. The van der Waals surface area contributed by atoms with Gasteiger partial charge in [0.05, 0.1) is 24.9 Å². The van der Waals surface area contributed by atoms with Gasteiger partial charge >= 0.3 is 6.18 Å². The molecule has 36 heavy (non-hydrogen) atoms. The minimum atomic E-state index is -4.67. The Bertz CT molecular complexity index is 1140. The largest absolute Gasteiger partial charge is 0.484 e. The molecule has 2 atom stereocenters. The summed E-state index contributed by atoms with van der Waals surface area (Å²) >= 11 is 0. The molecule has 1 amide bonds. The monoisotopic (exact) mass is 517 g/mol. The molecule has 2 saturated carbocycles. The Labute approximate surface area is 205 Å². The van der Waals surface area contributed by atoms with Crippen molar-refractivity contribution in [3.05, 3.63) is 35.2 Å². The molecule has 0 bridgehead atoms. The summed E-state index contributed by atoms with van der Waals surface area (Å²) in [4.78, 5) is 18.4. The van der Waals surface area contributed by atoms with Gasteiger partial charge in [0.1, 0.15) is 12.2 Å². The van der Waals surface area contributed by atoms with Gasteiger partial charge in [0, 0.05) is 25.8 Å². The molecule has 0 radical (unpaired) electrons. The molecule has 2 aromatic rings. The Kier molecular flexibility index (Phi) is 6.12. The van der Waals surface area contributed by atoms with Crippen molar-refractivity contribution < 1.29 is 42.1 Å². The quantitative estimate of drug-likeness (QED) is 0.521. The fraction of sp³-hybridized carbons (Fsp3) is 0.583.